The molecule has 0 saturated heterocycles. The number of rotatable bonds is 6. The molecule has 0 bridgehead atoms. The molecule has 0 aromatic heterocycles. The van der Waals surface area contributed by atoms with Crippen molar-refractivity contribution in [2.45, 2.75) is 46.8 Å². The first-order valence-corrected chi connectivity index (χ1v) is 10.4. The Kier molecular flexibility index (Phi) is 5.30. The van der Waals surface area contributed by atoms with Gasteiger partial charge in [0.25, 0.3) is 10.0 Å². The highest BCUT2D eigenvalue weighted by atomic mass is 32.2. The largest absolute Gasteiger partial charge is 0.253 e. The molecule has 24 heavy (non-hydrogen) atoms. The van der Waals surface area contributed by atoms with Crippen molar-refractivity contribution < 1.29 is 8.42 Å². The van der Waals surface area contributed by atoms with Gasteiger partial charge in [0.15, 0.2) is 0 Å². The van der Waals surface area contributed by atoms with Crippen molar-refractivity contribution in [1.29, 1.82) is 0 Å². The molecule has 2 aromatic rings. The molecule has 4 nitrogen and oxygen atoms in total. The molecule has 6 heteroatoms. The quantitative estimate of drug-likeness (QED) is 0.771. The molecular formula is C18H22N2O2S2. The Morgan fingerprint density at radius 1 is 1.04 bits per heavy atom. The monoisotopic (exact) mass is 362 g/mol. The fourth-order valence-electron chi connectivity index (χ4n) is 2.97. The van der Waals surface area contributed by atoms with E-state index >= 15 is 0 Å². The van der Waals surface area contributed by atoms with E-state index in [1.807, 2.05) is 30.0 Å². The van der Waals surface area contributed by atoms with E-state index in [0.717, 1.165) is 19.3 Å². The fraction of sp³-hybridized carbons (Fsp3) is 0.333. The third-order valence-electron chi connectivity index (χ3n) is 4.42. The predicted molar refractivity (Wildman–Crippen MR) is 98.2 cm³/mol. The third-order valence-corrected chi connectivity index (χ3v) is 7.27. The van der Waals surface area contributed by atoms with Crippen LogP contribution in [0.25, 0.3) is 0 Å². The topological polar surface area (TPSA) is 58.2 Å². The van der Waals surface area contributed by atoms with Gasteiger partial charge in [-0.25, -0.2) is 13.8 Å². The molecule has 2 N–H and O–H groups in total. The van der Waals surface area contributed by atoms with Gasteiger partial charge in [-0.2, -0.15) is 0 Å². The molecular weight excluding hydrogens is 340 g/mol. The van der Waals surface area contributed by atoms with Crippen LogP contribution in [0.15, 0.2) is 70.5 Å². The van der Waals surface area contributed by atoms with Crippen LogP contribution < -0.4 is 10.3 Å². The Labute approximate surface area is 148 Å². The Hall–Kier alpha value is -1.34. The van der Waals surface area contributed by atoms with E-state index in [4.69, 9.17) is 0 Å². The summed E-state index contributed by atoms with van der Waals surface area (Å²) in [4.78, 5) is 4.06. The molecule has 2 atom stereocenters. The highest BCUT2D eigenvalue weighted by molar-refractivity contribution is 8.00. The third kappa shape index (κ3) is 4.00. The van der Waals surface area contributed by atoms with Gasteiger partial charge in [-0.15, -0.1) is 16.6 Å². The molecule has 1 saturated carbocycles. The number of hydrogen-bond acceptors (Lipinski definition) is 4. The van der Waals surface area contributed by atoms with Crippen LogP contribution in [0.3, 0.4) is 0 Å². The second kappa shape index (κ2) is 7.27. The molecule has 1 aliphatic rings. The molecule has 3 rings (SSSR count). The molecule has 0 radical (unpaired) electrons. The average Bonchev–Trinajstić information content (AvgIpc) is 2.96. The van der Waals surface area contributed by atoms with Gasteiger partial charge < -0.3 is 0 Å². The summed E-state index contributed by atoms with van der Waals surface area (Å²) in [5.41, 5.74) is 2.83. The highest BCUT2D eigenvalue weighted by Gasteiger charge is 2.40. The van der Waals surface area contributed by atoms with Crippen LogP contribution in [0.1, 0.15) is 26.2 Å². The van der Waals surface area contributed by atoms with Gasteiger partial charge in [-0.3, -0.25) is 0 Å². The molecule has 0 aliphatic heterocycles. The number of thioether (sulfide) groups is 1. The van der Waals surface area contributed by atoms with Crippen LogP contribution in [0.4, 0.5) is 0 Å². The van der Waals surface area contributed by atoms with Crippen molar-refractivity contribution >= 4 is 21.8 Å². The fourth-order valence-corrected chi connectivity index (χ4v) is 5.34. The van der Waals surface area contributed by atoms with E-state index in [-0.39, 0.29) is 10.4 Å². The number of sulfonamides is 1. The normalized spacial score (nSPS) is 24.1. The summed E-state index contributed by atoms with van der Waals surface area (Å²) in [6.45, 7) is 2.09. The molecule has 0 amide bonds. The maximum Gasteiger partial charge on any atom is 0.253 e. The minimum Gasteiger partial charge on any atom is -0.237 e. The lowest BCUT2D eigenvalue weighted by molar-refractivity contribution is 0.354. The first-order valence-electron chi connectivity index (χ1n) is 8.05. The number of nitrogens with one attached hydrogen (secondary N) is 2. The van der Waals surface area contributed by atoms with Crippen molar-refractivity contribution in [3.63, 3.8) is 0 Å². The van der Waals surface area contributed by atoms with Gasteiger partial charge in [0, 0.05) is 15.7 Å². The molecule has 2 unspecified atom stereocenters. The second-order valence-corrected chi connectivity index (χ2v) is 9.23. The van der Waals surface area contributed by atoms with E-state index in [1.54, 1.807) is 30.3 Å². The molecule has 0 spiro atoms. The number of hydrogen-bond donors (Lipinski definition) is 2. The first-order chi connectivity index (χ1) is 11.5. The summed E-state index contributed by atoms with van der Waals surface area (Å²) in [6, 6.07) is 18.7. The van der Waals surface area contributed by atoms with Crippen molar-refractivity contribution in [3.8, 4) is 0 Å². The van der Waals surface area contributed by atoms with Gasteiger partial charge >= 0.3 is 0 Å². The molecule has 1 aliphatic carbocycles. The van der Waals surface area contributed by atoms with Crippen LogP contribution in [-0.2, 0) is 10.0 Å². The summed E-state index contributed by atoms with van der Waals surface area (Å²) < 4.78 is 24.8. The average molecular weight is 363 g/mol. The lowest BCUT2D eigenvalue weighted by Crippen LogP contribution is -2.55. The number of benzene rings is 2. The van der Waals surface area contributed by atoms with E-state index in [2.05, 4.69) is 29.3 Å². The van der Waals surface area contributed by atoms with Crippen LogP contribution >= 0.6 is 11.8 Å². The maximum absolute atomic E-state index is 12.4. The second-order valence-electron chi connectivity index (χ2n) is 6.27. The SMILES string of the molecule is CC1(NNS(=O)(=O)c2ccccc2)CCCC1Sc1ccccc1. The Morgan fingerprint density at radius 3 is 2.33 bits per heavy atom. The highest BCUT2D eigenvalue weighted by Crippen LogP contribution is 2.41. The van der Waals surface area contributed by atoms with Gasteiger partial charge in [0.1, 0.15) is 0 Å². The lowest BCUT2D eigenvalue weighted by Gasteiger charge is -2.32. The standard InChI is InChI=1S/C18H22N2O2S2/c1-18(19-20-24(21,22)16-11-6-3-7-12-16)14-8-13-17(18)23-15-9-4-2-5-10-15/h2-7,9-12,17,19-20H,8,13-14H2,1H3. The van der Waals surface area contributed by atoms with Crippen LogP contribution in [0.2, 0.25) is 0 Å². The minimum atomic E-state index is -3.55. The molecule has 128 valence electrons. The van der Waals surface area contributed by atoms with Crippen molar-refractivity contribution in [3.05, 3.63) is 60.7 Å². The lowest BCUT2D eigenvalue weighted by atomic mass is 10.0. The van der Waals surface area contributed by atoms with Gasteiger partial charge in [-0.1, -0.05) is 42.8 Å². The smallest absolute Gasteiger partial charge is 0.237 e. The summed E-state index contributed by atoms with van der Waals surface area (Å²) >= 11 is 1.81. The summed E-state index contributed by atoms with van der Waals surface area (Å²) in [6.07, 6.45) is 3.09. The molecule has 2 aromatic carbocycles. The Bertz CT molecular complexity index is 766. The van der Waals surface area contributed by atoms with Gasteiger partial charge in [0.2, 0.25) is 0 Å². The zero-order valence-corrected chi connectivity index (χ0v) is 15.2. The van der Waals surface area contributed by atoms with Gasteiger partial charge in [-0.05, 0) is 44.0 Å². The molecule has 1 fully saturated rings. The van der Waals surface area contributed by atoms with Gasteiger partial charge in [0.05, 0.1) is 4.90 Å². The first kappa shape index (κ1) is 17.5. The minimum absolute atomic E-state index is 0.270. The van der Waals surface area contributed by atoms with Crippen molar-refractivity contribution in [2.75, 3.05) is 0 Å². The summed E-state index contributed by atoms with van der Waals surface area (Å²) in [5.74, 6) is 0. The van der Waals surface area contributed by atoms with Crippen molar-refractivity contribution in [2.24, 2.45) is 0 Å². The van der Waals surface area contributed by atoms with E-state index in [9.17, 15) is 8.42 Å². The summed E-state index contributed by atoms with van der Waals surface area (Å²) in [5, 5.41) is 0.318. The Balaban J connectivity index is 1.69. The molecule has 0 heterocycles. The summed E-state index contributed by atoms with van der Waals surface area (Å²) in [7, 11) is -3.55. The maximum atomic E-state index is 12.4. The zero-order chi connectivity index (χ0) is 17.0. The van der Waals surface area contributed by atoms with E-state index in [1.165, 1.54) is 4.90 Å². The Morgan fingerprint density at radius 2 is 1.67 bits per heavy atom. The predicted octanol–water partition coefficient (Wildman–Crippen LogP) is 3.57. The van der Waals surface area contributed by atoms with Crippen molar-refractivity contribution in [1.82, 2.24) is 10.3 Å². The van der Waals surface area contributed by atoms with Crippen LogP contribution in [0.5, 0.6) is 0 Å². The van der Waals surface area contributed by atoms with E-state index < -0.39 is 10.0 Å². The number of hydrazine groups is 1. The van der Waals surface area contributed by atoms with E-state index in [0.29, 0.717) is 5.25 Å². The van der Waals surface area contributed by atoms with Crippen LogP contribution in [-0.4, -0.2) is 19.2 Å². The van der Waals surface area contributed by atoms with Crippen LogP contribution in [0, 0.1) is 0 Å². The zero-order valence-electron chi connectivity index (χ0n) is 13.6.